The fraction of sp³-hybridized carbons (Fsp3) is 0.350. The molecule has 0 heterocycles. The van der Waals surface area contributed by atoms with Gasteiger partial charge in [-0.15, -0.1) is 0 Å². The van der Waals surface area contributed by atoms with Crippen LogP contribution in [-0.4, -0.2) is 37.4 Å². The van der Waals surface area contributed by atoms with E-state index in [1.54, 1.807) is 11.8 Å². The van der Waals surface area contributed by atoms with Gasteiger partial charge in [0, 0.05) is 43.5 Å². The summed E-state index contributed by atoms with van der Waals surface area (Å²) in [6, 6.07) is 24.5. The van der Waals surface area contributed by atoms with Gasteiger partial charge in [0.2, 0.25) is 0 Å². The van der Waals surface area contributed by atoms with E-state index < -0.39 is 24.1 Å². The van der Waals surface area contributed by atoms with Crippen molar-refractivity contribution in [1.29, 1.82) is 0 Å². The molecule has 0 aliphatic rings. The highest BCUT2D eigenvalue weighted by atomic mass is 32.2. The first-order valence-electron chi connectivity index (χ1n) is 16.6. The molecule has 0 spiro atoms. The minimum absolute atomic E-state index is 0.204. The van der Waals surface area contributed by atoms with Crippen LogP contribution in [0.15, 0.2) is 108 Å². The van der Waals surface area contributed by atoms with E-state index in [0.717, 1.165) is 69.9 Å². The molecule has 0 saturated carbocycles. The molecule has 0 aliphatic carbocycles. The molecule has 248 valence electrons. The van der Waals surface area contributed by atoms with Crippen molar-refractivity contribution in [1.82, 2.24) is 0 Å². The van der Waals surface area contributed by atoms with Gasteiger partial charge in [-0.1, -0.05) is 107 Å². The molecule has 4 aromatic carbocycles. The molecule has 0 saturated heterocycles. The lowest BCUT2D eigenvalue weighted by Crippen LogP contribution is -2.25. The number of esters is 2. The molecule has 2 atom stereocenters. The van der Waals surface area contributed by atoms with Crippen LogP contribution in [0, 0.1) is 0 Å². The van der Waals surface area contributed by atoms with Crippen molar-refractivity contribution in [3.63, 3.8) is 0 Å². The molecule has 0 N–H and O–H groups in total. The zero-order valence-corrected chi connectivity index (χ0v) is 28.4. The van der Waals surface area contributed by atoms with E-state index in [4.69, 9.17) is 18.9 Å². The maximum atomic E-state index is 12.2. The molecule has 2 unspecified atom stereocenters. The molecule has 6 nitrogen and oxygen atoms in total. The monoisotopic (exact) mass is 654 g/mol. The summed E-state index contributed by atoms with van der Waals surface area (Å²) in [7, 11) is 0. The predicted molar refractivity (Wildman–Crippen MR) is 191 cm³/mol. The van der Waals surface area contributed by atoms with Crippen LogP contribution in [0.3, 0.4) is 0 Å². The molecule has 4 aromatic rings. The Morgan fingerprint density at radius 1 is 0.638 bits per heavy atom. The number of unbranched alkanes of at least 4 members (excludes halogenated alkanes) is 4. The molecule has 0 aliphatic heterocycles. The van der Waals surface area contributed by atoms with Gasteiger partial charge in [0.15, 0.2) is 0 Å². The smallest absolute Gasteiger partial charge is 0.330 e. The lowest BCUT2D eigenvalue weighted by atomic mass is 10.0. The number of carbonyl (C=O) groups excluding carboxylic acids is 2. The molecular weight excluding hydrogens is 609 g/mol. The summed E-state index contributed by atoms with van der Waals surface area (Å²) in [4.78, 5) is 26.5. The lowest BCUT2D eigenvalue weighted by molar-refractivity contribution is -0.145. The molecule has 0 radical (unpaired) electrons. The fourth-order valence-electron chi connectivity index (χ4n) is 5.45. The third-order valence-corrected chi connectivity index (χ3v) is 8.86. The third-order valence-electron chi connectivity index (χ3n) is 7.86. The summed E-state index contributed by atoms with van der Waals surface area (Å²) in [6.45, 7) is 11.8. The van der Waals surface area contributed by atoms with Crippen molar-refractivity contribution in [2.75, 3.05) is 13.2 Å². The summed E-state index contributed by atoms with van der Waals surface area (Å²) < 4.78 is 24.6. The molecule has 0 amide bonds. The van der Waals surface area contributed by atoms with E-state index in [2.05, 4.69) is 57.3 Å². The number of hydrogen-bond donors (Lipinski definition) is 0. The summed E-state index contributed by atoms with van der Waals surface area (Å²) in [5.41, 5.74) is 0. The van der Waals surface area contributed by atoms with E-state index in [-0.39, 0.29) is 13.2 Å². The van der Waals surface area contributed by atoms with Gasteiger partial charge in [-0.3, -0.25) is 0 Å². The topological polar surface area (TPSA) is 71.1 Å². The van der Waals surface area contributed by atoms with Gasteiger partial charge in [0.25, 0.3) is 0 Å². The van der Waals surface area contributed by atoms with E-state index in [9.17, 15) is 9.59 Å². The van der Waals surface area contributed by atoms with Crippen molar-refractivity contribution in [2.24, 2.45) is 0 Å². The average Bonchev–Trinajstić information content (AvgIpc) is 3.09. The molecular formula is C40H46O6S. The van der Waals surface area contributed by atoms with Gasteiger partial charge in [-0.05, 0) is 56.0 Å². The van der Waals surface area contributed by atoms with Gasteiger partial charge in [0.05, 0.1) is 0 Å². The minimum Gasteiger partial charge on any atom is -0.488 e. The molecule has 0 fully saturated rings. The predicted octanol–water partition coefficient (Wildman–Crippen LogP) is 10.3. The first-order chi connectivity index (χ1) is 23.0. The Labute approximate surface area is 283 Å². The Kier molecular flexibility index (Phi) is 14.2. The first-order valence-corrected chi connectivity index (χ1v) is 17.4. The SMILES string of the molecule is C=CC(=O)OC(CCCCC)COc1c2ccccc2c(OCC(CCCCC)OC(=O)C=C)c2cc(Sc3ccccc3)ccc12. The Balaban J connectivity index is 1.77. The second kappa shape index (κ2) is 18.8. The normalized spacial score (nSPS) is 12.3. The van der Waals surface area contributed by atoms with Crippen LogP contribution in [0.1, 0.15) is 65.2 Å². The Morgan fingerprint density at radius 2 is 1.13 bits per heavy atom. The molecule has 4 rings (SSSR count). The number of benzene rings is 4. The largest absolute Gasteiger partial charge is 0.488 e. The lowest BCUT2D eigenvalue weighted by Gasteiger charge is -2.23. The summed E-state index contributed by atoms with van der Waals surface area (Å²) in [6.07, 6.45) is 9.03. The standard InChI is InChI=1S/C40H46O6S/c1-5-9-12-18-29(45-37(41)7-3)27-43-39-33-22-16-17-23-34(33)40(44-28-30(19-13-10-6-2)46-38(42)8-4)36-26-32(24-25-35(36)39)47-31-20-14-11-15-21-31/h7-8,11,14-17,20-26,29-30H,3-6,9-10,12-13,18-19,27-28H2,1-2H3. The van der Waals surface area contributed by atoms with Crippen molar-refractivity contribution in [3.8, 4) is 11.5 Å². The van der Waals surface area contributed by atoms with Crippen molar-refractivity contribution in [3.05, 3.63) is 98.1 Å². The van der Waals surface area contributed by atoms with Crippen LogP contribution in [0.4, 0.5) is 0 Å². The highest BCUT2D eigenvalue weighted by Gasteiger charge is 2.22. The number of fused-ring (bicyclic) bond motifs is 2. The van der Waals surface area contributed by atoms with Gasteiger partial charge in [-0.2, -0.15) is 0 Å². The van der Waals surface area contributed by atoms with Crippen LogP contribution in [0.5, 0.6) is 11.5 Å². The quantitative estimate of drug-likeness (QED) is 0.0406. The number of rotatable bonds is 20. The van der Waals surface area contributed by atoms with Gasteiger partial charge >= 0.3 is 11.9 Å². The minimum atomic E-state index is -0.458. The van der Waals surface area contributed by atoms with Crippen LogP contribution < -0.4 is 9.47 Å². The van der Waals surface area contributed by atoms with Crippen LogP contribution in [0.2, 0.25) is 0 Å². The van der Waals surface area contributed by atoms with Gasteiger partial charge in [-0.25, -0.2) is 9.59 Å². The fourth-order valence-corrected chi connectivity index (χ4v) is 6.33. The Hall–Kier alpha value is -4.23. The van der Waals surface area contributed by atoms with E-state index in [0.29, 0.717) is 24.3 Å². The van der Waals surface area contributed by atoms with Crippen LogP contribution in [0.25, 0.3) is 21.5 Å². The van der Waals surface area contributed by atoms with Crippen molar-refractivity contribution in [2.45, 2.75) is 87.2 Å². The van der Waals surface area contributed by atoms with E-state index in [1.165, 1.54) is 12.2 Å². The van der Waals surface area contributed by atoms with E-state index >= 15 is 0 Å². The van der Waals surface area contributed by atoms with Crippen molar-refractivity contribution >= 4 is 45.2 Å². The molecule has 0 bridgehead atoms. The maximum absolute atomic E-state index is 12.2. The summed E-state index contributed by atoms with van der Waals surface area (Å²) >= 11 is 1.67. The van der Waals surface area contributed by atoms with Gasteiger partial charge in [0.1, 0.15) is 36.9 Å². The highest BCUT2D eigenvalue weighted by Crippen LogP contribution is 2.45. The zero-order chi connectivity index (χ0) is 33.4. The summed E-state index contributed by atoms with van der Waals surface area (Å²) in [5.74, 6) is 0.487. The zero-order valence-electron chi connectivity index (χ0n) is 27.6. The second-order valence-corrected chi connectivity index (χ2v) is 12.6. The summed E-state index contributed by atoms with van der Waals surface area (Å²) in [5, 5.41) is 3.52. The number of hydrogen-bond acceptors (Lipinski definition) is 7. The number of carbonyl (C=O) groups is 2. The number of ether oxygens (including phenoxy) is 4. The van der Waals surface area contributed by atoms with Crippen LogP contribution >= 0.6 is 11.8 Å². The van der Waals surface area contributed by atoms with E-state index in [1.807, 2.05) is 42.5 Å². The highest BCUT2D eigenvalue weighted by molar-refractivity contribution is 7.99. The third kappa shape index (κ3) is 10.4. The Bertz CT molecular complexity index is 1630. The molecule has 47 heavy (non-hydrogen) atoms. The second-order valence-electron chi connectivity index (χ2n) is 11.5. The Morgan fingerprint density at radius 3 is 1.64 bits per heavy atom. The van der Waals surface area contributed by atoms with Crippen LogP contribution in [-0.2, 0) is 19.1 Å². The van der Waals surface area contributed by atoms with Gasteiger partial charge < -0.3 is 18.9 Å². The van der Waals surface area contributed by atoms with Crippen molar-refractivity contribution < 1.29 is 28.5 Å². The average molecular weight is 655 g/mol. The molecule has 0 aromatic heterocycles. The molecule has 7 heteroatoms. The maximum Gasteiger partial charge on any atom is 0.330 e. The first kappa shape index (κ1) is 35.6.